The minimum atomic E-state index is 0.0526. The molecule has 6 rings (SSSR count). The first-order valence-electron chi connectivity index (χ1n) is 10.6. The fourth-order valence-electron chi connectivity index (χ4n) is 4.45. The molecule has 4 aromatic heterocycles. The zero-order valence-corrected chi connectivity index (χ0v) is 17.6. The molecule has 9 nitrogen and oxygen atoms in total. The van der Waals surface area contributed by atoms with Crippen molar-refractivity contribution in [1.82, 2.24) is 29.3 Å². The summed E-state index contributed by atoms with van der Waals surface area (Å²) in [6, 6.07) is 15.7. The van der Waals surface area contributed by atoms with Crippen molar-refractivity contribution in [2.45, 2.75) is 18.9 Å². The molecule has 4 N–H and O–H groups in total. The lowest BCUT2D eigenvalue weighted by Gasteiger charge is -2.13. The molecule has 0 radical (unpaired) electrons. The smallest absolute Gasteiger partial charge is 0.168 e. The molecule has 0 saturated heterocycles. The van der Waals surface area contributed by atoms with E-state index in [0.29, 0.717) is 39.8 Å². The summed E-state index contributed by atoms with van der Waals surface area (Å²) in [5, 5.41) is 14.2. The van der Waals surface area contributed by atoms with E-state index in [1.54, 1.807) is 35.4 Å². The number of rotatable bonds is 3. The molecule has 0 amide bonds. The lowest BCUT2D eigenvalue weighted by molar-refractivity contribution is 0.713. The van der Waals surface area contributed by atoms with Crippen LogP contribution in [0, 0.1) is 11.3 Å². The highest BCUT2D eigenvalue weighted by Gasteiger charge is 2.24. The molecular formula is C24H19N9. The summed E-state index contributed by atoms with van der Waals surface area (Å²) >= 11 is 0. The molecule has 33 heavy (non-hydrogen) atoms. The Labute approximate surface area is 188 Å². The van der Waals surface area contributed by atoms with E-state index in [1.807, 2.05) is 22.8 Å². The number of fused-ring (bicyclic) bond motifs is 2. The summed E-state index contributed by atoms with van der Waals surface area (Å²) in [4.78, 5) is 13.9. The summed E-state index contributed by atoms with van der Waals surface area (Å²) in [7, 11) is 0. The van der Waals surface area contributed by atoms with Gasteiger partial charge in [0.15, 0.2) is 17.3 Å². The zero-order chi connectivity index (χ0) is 22.5. The van der Waals surface area contributed by atoms with Gasteiger partial charge in [0.25, 0.3) is 0 Å². The highest BCUT2D eigenvalue weighted by Crippen LogP contribution is 2.35. The van der Waals surface area contributed by atoms with Crippen molar-refractivity contribution >= 4 is 17.0 Å². The second-order valence-electron chi connectivity index (χ2n) is 8.00. The summed E-state index contributed by atoms with van der Waals surface area (Å²) < 4.78 is 3.55. The van der Waals surface area contributed by atoms with E-state index in [2.05, 4.69) is 28.3 Å². The number of nitriles is 1. The van der Waals surface area contributed by atoms with Gasteiger partial charge in [-0.2, -0.15) is 10.4 Å². The van der Waals surface area contributed by atoms with Crippen molar-refractivity contribution in [3.8, 4) is 29.0 Å². The minimum absolute atomic E-state index is 0.0526. The maximum absolute atomic E-state index is 9.90. The third-order valence-corrected chi connectivity index (χ3v) is 6.05. The Morgan fingerprint density at radius 2 is 2.00 bits per heavy atom. The first kappa shape index (κ1) is 19.2. The van der Waals surface area contributed by atoms with Gasteiger partial charge in [-0.1, -0.05) is 6.07 Å². The third-order valence-electron chi connectivity index (χ3n) is 6.05. The Bertz CT molecular complexity index is 1560. The van der Waals surface area contributed by atoms with E-state index in [9.17, 15) is 5.26 Å². The molecule has 0 unspecified atom stereocenters. The van der Waals surface area contributed by atoms with Crippen LogP contribution < -0.4 is 11.5 Å². The van der Waals surface area contributed by atoms with Crippen molar-refractivity contribution in [3.05, 3.63) is 77.7 Å². The number of hydrogen-bond acceptors (Lipinski definition) is 7. The summed E-state index contributed by atoms with van der Waals surface area (Å²) in [6.07, 6.45) is 6.92. The van der Waals surface area contributed by atoms with Crippen molar-refractivity contribution in [3.63, 3.8) is 0 Å². The quantitative estimate of drug-likeness (QED) is 0.446. The van der Waals surface area contributed by atoms with Gasteiger partial charge >= 0.3 is 0 Å². The Hall–Kier alpha value is -4.55. The number of nitrogens with two attached hydrogens (primary N) is 2. The Kier molecular flexibility index (Phi) is 4.21. The fraction of sp³-hybridized carbons (Fsp3) is 0.125. The topological polar surface area (TPSA) is 137 Å². The van der Waals surface area contributed by atoms with Gasteiger partial charge in [-0.25, -0.2) is 19.6 Å². The number of anilines is 1. The van der Waals surface area contributed by atoms with Gasteiger partial charge in [0, 0.05) is 36.4 Å². The molecule has 1 aromatic carbocycles. The zero-order valence-electron chi connectivity index (χ0n) is 17.6. The van der Waals surface area contributed by atoms with Crippen molar-refractivity contribution in [2.75, 3.05) is 5.73 Å². The van der Waals surface area contributed by atoms with Crippen LogP contribution in [0.1, 0.15) is 29.2 Å². The van der Waals surface area contributed by atoms with Crippen LogP contribution >= 0.6 is 0 Å². The van der Waals surface area contributed by atoms with Gasteiger partial charge < -0.3 is 11.5 Å². The molecule has 4 heterocycles. The fourth-order valence-corrected chi connectivity index (χ4v) is 4.45. The molecule has 0 spiro atoms. The van der Waals surface area contributed by atoms with Crippen molar-refractivity contribution in [2.24, 2.45) is 5.73 Å². The van der Waals surface area contributed by atoms with Gasteiger partial charge in [-0.15, -0.1) is 0 Å². The van der Waals surface area contributed by atoms with E-state index in [-0.39, 0.29) is 6.04 Å². The molecule has 0 fully saturated rings. The molecule has 0 aliphatic heterocycles. The number of hydrogen-bond donors (Lipinski definition) is 2. The van der Waals surface area contributed by atoms with E-state index in [1.165, 1.54) is 5.56 Å². The van der Waals surface area contributed by atoms with Crippen molar-refractivity contribution in [1.29, 1.82) is 5.26 Å². The second kappa shape index (κ2) is 7.25. The number of pyridine rings is 2. The van der Waals surface area contributed by atoms with Crippen LogP contribution in [0.4, 0.5) is 5.82 Å². The Morgan fingerprint density at radius 1 is 1.09 bits per heavy atom. The van der Waals surface area contributed by atoms with Crippen LogP contribution in [0.3, 0.4) is 0 Å². The van der Waals surface area contributed by atoms with Gasteiger partial charge in [-0.3, -0.25) is 4.57 Å². The summed E-state index contributed by atoms with van der Waals surface area (Å²) in [5.41, 5.74) is 17.8. The largest absolute Gasteiger partial charge is 0.383 e. The molecule has 1 atom stereocenters. The highest BCUT2D eigenvalue weighted by atomic mass is 15.3. The molecule has 5 aromatic rings. The van der Waals surface area contributed by atoms with Gasteiger partial charge in [0.2, 0.25) is 0 Å². The second-order valence-corrected chi connectivity index (χ2v) is 8.00. The monoisotopic (exact) mass is 433 g/mol. The van der Waals surface area contributed by atoms with Crippen LogP contribution in [0.2, 0.25) is 0 Å². The first-order valence-corrected chi connectivity index (χ1v) is 10.6. The SMILES string of the molecule is N#Cc1cc(-n2cccn2)nc2c1nc(-c1cccnc1N)n2-c1ccc2c(c1)CC[C@@H]2N. The van der Waals surface area contributed by atoms with E-state index < -0.39 is 0 Å². The van der Waals surface area contributed by atoms with Crippen LogP contribution in [0.25, 0.3) is 34.1 Å². The number of aromatic nitrogens is 6. The molecular weight excluding hydrogens is 414 g/mol. The molecule has 160 valence electrons. The average molecular weight is 433 g/mol. The number of imidazole rings is 1. The molecule has 0 bridgehead atoms. The van der Waals surface area contributed by atoms with Crippen LogP contribution in [-0.4, -0.2) is 29.3 Å². The maximum Gasteiger partial charge on any atom is 0.168 e. The Balaban J connectivity index is 1.70. The number of aryl methyl sites for hydroxylation is 1. The predicted octanol–water partition coefficient (Wildman–Crippen LogP) is 3.07. The summed E-state index contributed by atoms with van der Waals surface area (Å²) in [5.74, 6) is 1.45. The maximum atomic E-state index is 9.90. The number of nitrogen functional groups attached to an aromatic ring is 1. The molecule has 0 saturated carbocycles. The highest BCUT2D eigenvalue weighted by molar-refractivity contribution is 5.87. The normalized spacial score (nSPS) is 15.0. The van der Waals surface area contributed by atoms with Crippen LogP contribution in [0.15, 0.2) is 61.1 Å². The Morgan fingerprint density at radius 3 is 2.79 bits per heavy atom. The minimum Gasteiger partial charge on any atom is -0.383 e. The van der Waals surface area contributed by atoms with Gasteiger partial charge in [0.1, 0.15) is 17.4 Å². The van der Waals surface area contributed by atoms with E-state index in [4.69, 9.17) is 21.4 Å². The van der Waals surface area contributed by atoms with Crippen LogP contribution in [0.5, 0.6) is 0 Å². The standard InChI is InChI=1S/C24H19N9/c25-13-15-12-20(32-10-2-9-29-32)30-24-21(15)31-23(18-3-1-8-28-22(18)27)33(24)16-5-6-17-14(11-16)4-7-19(17)26/h1-3,5-6,8-12,19H,4,7,26H2,(H2,27,28)/t19-/m0/s1. The molecule has 9 heteroatoms. The molecule has 1 aliphatic rings. The average Bonchev–Trinajstić information content (AvgIpc) is 3.57. The van der Waals surface area contributed by atoms with Crippen LogP contribution in [-0.2, 0) is 6.42 Å². The number of nitrogens with zero attached hydrogens (tertiary/aromatic N) is 7. The number of benzene rings is 1. The third kappa shape index (κ3) is 2.96. The predicted molar refractivity (Wildman–Crippen MR) is 124 cm³/mol. The van der Waals surface area contributed by atoms with Gasteiger partial charge in [0.05, 0.1) is 11.1 Å². The van der Waals surface area contributed by atoms with Gasteiger partial charge in [-0.05, 0) is 54.3 Å². The lowest BCUT2D eigenvalue weighted by atomic mass is 10.1. The first-order chi connectivity index (χ1) is 16.1. The van der Waals surface area contributed by atoms with E-state index in [0.717, 1.165) is 24.1 Å². The summed E-state index contributed by atoms with van der Waals surface area (Å²) in [6.45, 7) is 0. The van der Waals surface area contributed by atoms with E-state index >= 15 is 0 Å². The molecule has 1 aliphatic carbocycles. The van der Waals surface area contributed by atoms with Crippen molar-refractivity contribution < 1.29 is 0 Å². The lowest BCUT2D eigenvalue weighted by Crippen LogP contribution is -2.06.